The molecule has 1 heteroatoms. The third kappa shape index (κ3) is 5.92. The normalized spacial score (nSPS) is 8.50. The van der Waals surface area contributed by atoms with Crippen LogP contribution in [0.4, 0.5) is 0 Å². The Bertz CT molecular complexity index is 407. The summed E-state index contributed by atoms with van der Waals surface area (Å²) >= 11 is 1.81. The first-order valence-corrected chi connectivity index (χ1v) is 7.46. The third-order valence-electron chi connectivity index (χ3n) is 2.06. The average molecular weight is 260 g/mol. The highest BCUT2D eigenvalue weighted by molar-refractivity contribution is 7.99. The summed E-state index contributed by atoms with van der Waals surface area (Å²) in [5, 5.41) is 0. The van der Waals surface area contributed by atoms with Gasteiger partial charge in [0.25, 0.3) is 0 Å². The Morgan fingerprint density at radius 1 is 0.667 bits per heavy atom. The molecular formula is C17H24S. The van der Waals surface area contributed by atoms with Crippen molar-refractivity contribution in [3.63, 3.8) is 0 Å². The van der Waals surface area contributed by atoms with Gasteiger partial charge in [-0.3, -0.25) is 0 Å². The van der Waals surface area contributed by atoms with Crippen LogP contribution >= 0.6 is 11.8 Å². The minimum atomic E-state index is 1.29. The van der Waals surface area contributed by atoms with Crippen LogP contribution in [0.2, 0.25) is 0 Å². The molecule has 2 aromatic rings. The van der Waals surface area contributed by atoms with Crippen molar-refractivity contribution in [2.45, 2.75) is 44.4 Å². The highest BCUT2D eigenvalue weighted by Gasteiger charge is 1.98. The zero-order valence-corrected chi connectivity index (χ0v) is 12.9. The molecule has 0 nitrogen and oxygen atoms in total. The largest absolute Gasteiger partial charge is 0.0898 e. The van der Waals surface area contributed by atoms with Crippen molar-refractivity contribution in [3.05, 3.63) is 60.2 Å². The summed E-state index contributed by atoms with van der Waals surface area (Å²) in [5.41, 5.74) is 1.33. The predicted molar refractivity (Wildman–Crippen MR) is 84.4 cm³/mol. The zero-order valence-electron chi connectivity index (χ0n) is 12.1. The van der Waals surface area contributed by atoms with E-state index in [1.807, 2.05) is 45.5 Å². The number of hydrogen-bond acceptors (Lipinski definition) is 1. The topological polar surface area (TPSA) is 0 Å². The fourth-order valence-corrected chi connectivity index (χ4v) is 2.21. The van der Waals surface area contributed by atoms with Crippen LogP contribution < -0.4 is 0 Å². The molecule has 0 bridgehead atoms. The monoisotopic (exact) mass is 260 g/mol. The van der Waals surface area contributed by atoms with Crippen LogP contribution in [0.15, 0.2) is 64.4 Å². The first-order valence-electron chi connectivity index (χ1n) is 6.65. The zero-order chi connectivity index (χ0) is 13.8. The molecule has 0 saturated carbocycles. The molecular weight excluding hydrogens is 236 g/mol. The molecule has 0 N–H and O–H groups in total. The fraction of sp³-hybridized carbons (Fsp3) is 0.294. The molecule has 2 rings (SSSR count). The molecule has 2 aromatic carbocycles. The Balaban J connectivity index is 0.000000659. The van der Waals surface area contributed by atoms with E-state index in [0.29, 0.717) is 0 Å². The lowest BCUT2D eigenvalue weighted by molar-refractivity contribution is 1.29. The van der Waals surface area contributed by atoms with Gasteiger partial charge in [0.1, 0.15) is 0 Å². The highest BCUT2D eigenvalue weighted by atomic mass is 32.2. The lowest BCUT2D eigenvalue weighted by Gasteiger charge is -2.04. The minimum Gasteiger partial charge on any atom is -0.0898 e. The van der Waals surface area contributed by atoms with E-state index in [1.165, 1.54) is 15.4 Å². The van der Waals surface area contributed by atoms with E-state index in [4.69, 9.17) is 0 Å². The Labute approximate surface area is 116 Å². The van der Waals surface area contributed by atoms with Crippen molar-refractivity contribution in [1.82, 2.24) is 0 Å². The highest BCUT2D eigenvalue weighted by Crippen LogP contribution is 2.29. The van der Waals surface area contributed by atoms with Crippen LogP contribution in [0.3, 0.4) is 0 Å². The van der Waals surface area contributed by atoms with Gasteiger partial charge in [0.15, 0.2) is 0 Å². The summed E-state index contributed by atoms with van der Waals surface area (Å²) in [7, 11) is 0. The van der Waals surface area contributed by atoms with E-state index in [1.54, 1.807) is 0 Å². The smallest absolute Gasteiger partial charge is 0.0151 e. The first kappa shape index (κ1) is 16.8. The van der Waals surface area contributed by atoms with Crippen molar-refractivity contribution in [1.29, 1.82) is 0 Å². The van der Waals surface area contributed by atoms with Crippen molar-refractivity contribution < 1.29 is 0 Å². The summed E-state index contributed by atoms with van der Waals surface area (Å²) in [6.07, 6.45) is 0. The summed E-state index contributed by atoms with van der Waals surface area (Å²) in [5.74, 6) is 0. The maximum Gasteiger partial charge on any atom is 0.0151 e. The minimum absolute atomic E-state index is 1.29. The van der Waals surface area contributed by atoms with Gasteiger partial charge in [-0.05, 0) is 30.7 Å². The molecule has 0 heterocycles. The van der Waals surface area contributed by atoms with Gasteiger partial charge in [-0.15, -0.1) is 0 Å². The van der Waals surface area contributed by atoms with E-state index in [2.05, 4.69) is 55.5 Å². The lowest BCUT2D eigenvalue weighted by atomic mass is 10.2. The van der Waals surface area contributed by atoms with E-state index >= 15 is 0 Å². The summed E-state index contributed by atoms with van der Waals surface area (Å²) in [6.45, 7) is 10.1. The molecule has 0 aliphatic rings. The second-order valence-corrected chi connectivity index (χ2v) is 4.30. The maximum atomic E-state index is 2.16. The molecule has 0 spiro atoms. The predicted octanol–water partition coefficient (Wildman–Crippen LogP) is 6.20. The lowest BCUT2D eigenvalue weighted by Crippen LogP contribution is -1.77. The van der Waals surface area contributed by atoms with Gasteiger partial charge >= 0.3 is 0 Å². The quantitative estimate of drug-likeness (QED) is 0.619. The van der Waals surface area contributed by atoms with Gasteiger partial charge in [0, 0.05) is 9.79 Å². The Morgan fingerprint density at radius 2 is 1.17 bits per heavy atom. The molecule has 98 valence electrons. The van der Waals surface area contributed by atoms with Crippen molar-refractivity contribution in [3.8, 4) is 0 Å². The Hall–Kier alpha value is -1.21. The van der Waals surface area contributed by atoms with Crippen molar-refractivity contribution in [2.75, 3.05) is 0 Å². The van der Waals surface area contributed by atoms with E-state index < -0.39 is 0 Å². The van der Waals surface area contributed by atoms with E-state index in [9.17, 15) is 0 Å². The maximum absolute atomic E-state index is 2.16. The fourth-order valence-electron chi connectivity index (χ4n) is 1.29. The number of benzene rings is 2. The van der Waals surface area contributed by atoms with E-state index in [-0.39, 0.29) is 0 Å². The van der Waals surface area contributed by atoms with Crippen LogP contribution in [0, 0.1) is 6.92 Å². The first-order chi connectivity index (χ1) is 8.86. The summed E-state index contributed by atoms with van der Waals surface area (Å²) in [4.78, 5) is 2.63. The molecule has 0 aliphatic carbocycles. The third-order valence-corrected chi connectivity index (χ3v) is 3.25. The van der Waals surface area contributed by atoms with Crippen LogP contribution in [-0.2, 0) is 0 Å². The second kappa shape index (κ2) is 10.9. The van der Waals surface area contributed by atoms with Crippen LogP contribution in [-0.4, -0.2) is 0 Å². The van der Waals surface area contributed by atoms with Crippen LogP contribution in [0.5, 0.6) is 0 Å². The SMILES string of the molecule is CC.CC.Cc1ccccc1Sc1ccccc1. The van der Waals surface area contributed by atoms with Gasteiger partial charge in [-0.2, -0.15) is 0 Å². The van der Waals surface area contributed by atoms with Gasteiger partial charge < -0.3 is 0 Å². The van der Waals surface area contributed by atoms with Gasteiger partial charge in [0.2, 0.25) is 0 Å². The van der Waals surface area contributed by atoms with Crippen molar-refractivity contribution in [2.24, 2.45) is 0 Å². The number of hydrogen-bond donors (Lipinski definition) is 0. The molecule has 0 aromatic heterocycles. The molecule has 18 heavy (non-hydrogen) atoms. The van der Waals surface area contributed by atoms with Crippen LogP contribution in [0.25, 0.3) is 0 Å². The molecule has 0 unspecified atom stereocenters. The van der Waals surface area contributed by atoms with Crippen molar-refractivity contribution >= 4 is 11.8 Å². The average Bonchev–Trinajstić information content (AvgIpc) is 2.47. The molecule has 0 atom stereocenters. The second-order valence-electron chi connectivity index (χ2n) is 3.18. The Morgan fingerprint density at radius 3 is 1.72 bits per heavy atom. The summed E-state index contributed by atoms with van der Waals surface area (Å²) < 4.78 is 0. The van der Waals surface area contributed by atoms with E-state index in [0.717, 1.165) is 0 Å². The summed E-state index contributed by atoms with van der Waals surface area (Å²) in [6, 6.07) is 18.9. The number of aryl methyl sites for hydroxylation is 1. The van der Waals surface area contributed by atoms with Gasteiger partial charge in [-0.1, -0.05) is 75.9 Å². The van der Waals surface area contributed by atoms with Crippen LogP contribution in [0.1, 0.15) is 33.3 Å². The molecule has 0 aliphatic heterocycles. The molecule has 0 radical (unpaired) electrons. The molecule has 0 amide bonds. The molecule has 0 saturated heterocycles. The van der Waals surface area contributed by atoms with Gasteiger partial charge in [-0.25, -0.2) is 0 Å². The van der Waals surface area contributed by atoms with Gasteiger partial charge in [0.05, 0.1) is 0 Å². The number of rotatable bonds is 2. The standard InChI is InChI=1S/C13H12S.2C2H6/c1-11-7-5-6-10-13(11)14-12-8-3-2-4-9-12;2*1-2/h2-10H,1H3;2*1-2H3. The molecule has 0 fully saturated rings. The Kier molecular flexibility index (Phi) is 10.2.